The van der Waals surface area contributed by atoms with Crippen LogP contribution in [0.5, 0.6) is 0 Å². The Labute approximate surface area is 181 Å². The van der Waals surface area contributed by atoms with Gasteiger partial charge in [-0.15, -0.1) is 0 Å². The molecule has 152 valence electrons. The maximum Gasteiger partial charge on any atom is 0.288 e. The molecule has 2 heterocycles. The van der Waals surface area contributed by atoms with Crippen LogP contribution in [-0.4, -0.2) is 21.5 Å². The Morgan fingerprint density at radius 3 is 1.88 bits per heavy atom. The largest absolute Gasteiger partial charge is 0.415 e. The zero-order valence-corrected chi connectivity index (χ0v) is 16.6. The van der Waals surface area contributed by atoms with Crippen molar-refractivity contribution in [3.05, 3.63) is 101 Å². The third-order valence-electron chi connectivity index (χ3n) is 5.36. The first-order valence-corrected chi connectivity index (χ1v) is 10.00. The Bertz CT molecular complexity index is 1520. The molecule has 6 heteroatoms. The summed E-state index contributed by atoms with van der Waals surface area (Å²) in [5.41, 5.74) is 2.20. The number of aromatic nitrogens is 2. The van der Waals surface area contributed by atoms with Crippen molar-refractivity contribution in [2.75, 3.05) is 0 Å². The monoisotopic (exact) mass is 418 g/mol. The minimum Gasteiger partial charge on any atom is -0.415 e. The molecule has 0 atom stereocenters. The maximum absolute atomic E-state index is 12.9. The first-order valence-electron chi connectivity index (χ1n) is 10.00. The number of ketones is 2. The number of nitrogens with zero attached hydrogens (tertiary/aromatic N) is 2. The normalized spacial score (nSPS) is 13.6. The lowest BCUT2D eigenvalue weighted by Crippen LogP contribution is -2.00. The van der Waals surface area contributed by atoms with Gasteiger partial charge < -0.3 is 8.83 Å². The van der Waals surface area contributed by atoms with Gasteiger partial charge in [-0.25, -0.2) is 0 Å². The van der Waals surface area contributed by atoms with Crippen molar-refractivity contribution in [2.45, 2.75) is 0 Å². The third-order valence-corrected chi connectivity index (χ3v) is 5.36. The van der Waals surface area contributed by atoms with Crippen molar-refractivity contribution in [3.63, 3.8) is 0 Å². The molecule has 6 nitrogen and oxygen atoms in total. The number of hydrogen-bond donors (Lipinski definition) is 0. The first kappa shape index (κ1) is 18.2. The van der Waals surface area contributed by atoms with E-state index in [1.807, 2.05) is 60.7 Å². The van der Waals surface area contributed by atoms with Crippen LogP contribution in [0.1, 0.15) is 38.1 Å². The summed E-state index contributed by atoms with van der Waals surface area (Å²) in [6, 6.07) is 20.8. The summed E-state index contributed by atoms with van der Waals surface area (Å²) < 4.78 is 11.2. The zero-order chi connectivity index (χ0) is 21.7. The number of Topliss-reactive ketones (excluding diaryl/α,β-unsaturated/α-hetero) is 2. The minimum atomic E-state index is -0.343. The fourth-order valence-electron chi connectivity index (χ4n) is 3.80. The van der Waals surface area contributed by atoms with Gasteiger partial charge in [-0.05, 0) is 34.5 Å². The van der Waals surface area contributed by atoms with E-state index in [0.29, 0.717) is 17.0 Å². The molecule has 6 rings (SSSR count). The van der Waals surface area contributed by atoms with Crippen LogP contribution >= 0.6 is 0 Å². The number of carbonyl (C=O) groups is 2. The fourth-order valence-corrected chi connectivity index (χ4v) is 3.80. The van der Waals surface area contributed by atoms with Gasteiger partial charge in [-0.3, -0.25) is 9.59 Å². The van der Waals surface area contributed by atoms with Crippen molar-refractivity contribution in [3.8, 4) is 0 Å². The lowest BCUT2D eigenvalue weighted by atomic mass is 10.0. The second kappa shape index (κ2) is 6.99. The number of allylic oxidation sites excluding steroid dienone is 1. The molecule has 0 spiro atoms. The molecule has 0 saturated carbocycles. The van der Waals surface area contributed by atoms with Crippen LogP contribution in [-0.2, 0) is 0 Å². The van der Waals surface area contributed by atoms with Crippen molar-refractivity contribution in [2.24, 2.45) is 0 Å². The molecular weight excluding hydrogens is 404 g/mol. The molecule has 3 aromatic carbocycles. The first-order chi connectivity index (χ1) is 15.7. The highest BCUT2D eigenvalue weighted by atomic mass is 16.4. The van der Waals surface area contributed by atoms with E-state index in [-0.39, 0.29) is 34.5 Å². The van der Waals surface area contributed by atoms with Crippen LogP contribution in [0.4, 0.5) is 0 Å². The summed E-state index contributed by atoms with van der Waals surface area (Å²) in [7, 11) is 0. The Balaban J connectivity index is 1.32. The fraction of sp³-hybridized carbons (Fsp3) is 0. The highest BCUT2D eigenvalue weighted by Gasteiger charge is 2.34. The third kappa shape index (κ3) is 2.97. The van der Waals surface area contributed by atoms with Gasteiger partial charge in [0, 0.05) is 23.3 Å². The zero-order valence-electron chi connectivity index (χ0n) is 16.6. The van der Waals surface area contributed by atoms with E-state index >= 15 is 0 Å². The number of rotatable bonds is 3. The number of oxazole rings is 2. The van der Waals surface area contributed by atoms with E-state index in [1.165, 1.54) is 6.08 Å². The van der Waals surface area contributed by atoms with Crippen LogP contribution in [0.2, 0.25) is 0 Å². The van der Waals surface area contributed by atoms with Gasteiger partial charge in [0.1, 0.15) is 0 Å². The van der Waals surface area contributed by atoms with Gasteiger partial charge >= 0.3 is 0 Å². The van der Waals surface area contributed by atoms with Gasteiger partial charge in [0.2, 0.25) is 11.8 Å². The lowest BCUT2D eigenvalue weighted by molar-refractivity contribution is 0.0990. The van der Waals surface area contributed by atoms with E-state index in [2.05, 4.69) is 9.97 Å². The van der Waals surface area contributed by atoms with E-state index in [0.717, 1.165) is 16.3 Å². The number of fused-ring (bicyclic) bond motifs is 3. The molecule has 0 aliphatic heterocycles. The second-order valence-electron chi connectivity index (χ2n) is 7.42. The highest BCUT2D eigenvalue weighted by Crippen LogP contribution is 2.32. The Morgan fingerprint density at radius 1 is 0.656 bits per heavy atom. The van der Waals surface area contributed by atoms with Gasteiger partial charge in [0.05, 0.1) is 5.57 Å². The quantitative estimate of drug-likeness (QED) is 0.280. The maximum atomic E-state index is 12.9. The SMILES string of the molecule is O=C1C(=Cc2nc3oc(/C=C/c4ccccc4)nc3o2)C(=O)c2cc3ccccc3cc21. The van der Waals surface area contributed by atoms with Crippen molar-refractivity contribution in [1.82, 2.24) is 9.97 Å². The van der Waals surface area contributed by atoms with Gasteiger partial charge in [0.15, 0.2) is 11.6 Å². The lowest BCUT2D eigenvalue weighted by Gasteiger charge is -2.00. The van der Waals surface area contributed by atoms with Crippen molar-refractivity contribution >= 4 is 52.0 Å². The molecule has 0 saturated heterocycles. The number of carbonyl (C=O) groups excluding carboxylic acids is 2. The molecule has 2 aromatic heterocycles. The Hall–Kier alpha value is -4.58. The van der Waals surface area contributed by atoms with E-state index in [4.69, 9.17) is 8.83 Å². The smallest absolute Gasteiger partial charge is 0.288 e. The number of benzene rings is 3. The summed E-state index contributed by atoms with van der Waals surface area (Å²) in [6.07, 6.45) is 4.94. The van der Waals surface area contributed by atoms with Gasteiger partial charge in [-0.1, -0.05) is 54.6 Å². The molecule has 0 radical (unpaired) electrons. The van der Waals surface area contributed by atoms with Crippen molar-refractivity contribution in [1.29, 1.82) is 0 Å². The topological polar surface area (TPSA) is 86.2 Å². The average molecular weight is 418 g/mol. The van der Waals surface area contributed by atoms with Crippen LogP contribution < -0.4 is 0 Å². The minimum absolute atomic E-state index is 0.0170. The molecule has 0 amide bonds. The van der Waals surface area contributed by atoms with Crippen LogP contribution in [0, 0.1) is 0 Å². The van der Waals surface area contributed by atoms with Gasteiger partial charge in [0.25, 0.3) is 11.4 Å². The molecule has 32 heavy (non-hydrogen) atoms. The van der Waals surface area contributed by atoms with E-state index < -0.39 is 0 Å². The summed E-state index contributed by atoms with van der Waals surface area (Å²) in [5.74, 6) is -0.240. The standard InChI is InChI=1S/C26H14N2O4/c29-23-18-12-16-8-4-5-9-17(16)13-19(18)24(30)20(23)14-22-28-26-25(32-22)27-21(31-26)11-10-15-6-2-1-3-7-15/h1-14H/b11-10+. The van der Waals surface area contributed by atoms with E-state index in [1.54, 1.807) is 18.2 Å². The molecule has 0 bridgehead atoms. The summed E-state index contributed by atoms with van der Waals surface area (Å²) in [5, 5.41) is 1.81. The highest BCUT2D eigenvalue weighted by molar-refractivity contribution is 6.41. The molecule has 1 aliphatic rings. The molecule has 0 unspecified atom stereocenters. The Morgan fingerprint density at radius 2 is 1.22 bits per heavy atom. The van der Waals surface area contributed by atoms with Crippen LogP contribution in [0.25, 0.3) is 40.4 Å². The summed E-state index contributed by atoms with van der Waals surface area (Å²) in [4.78, 5) is 34.2. The Kier molecular flexibility index (Phi) is 3.98. The van der Waals surface area contributed by atoms with Crippen LogP contribution in [0.15, 0.2) is 81.1 Å². The average Bonchev–Trinajstić information content (AvgIpc) is 3.44. The number of hydrogen-bond acceptors (Lipinski definition) is 6. The van der Waals surface area contributed by atoms with E-state index in [9.17, 15) is 9.59 Å². The van der Waals surface area contributed by atoms with Crippen molar-refractivity contribution < 1.29 is 18.4 Å². The predicted molar refractivity (Wildman–Crippen MR) is 120 cm³/mol. The van der Waals surface area contributed by atoms with Gasteiger partial charge in [-0.2, -0.15) is 9.97 Å². The molecule has 0 fully saturated rings. The molecular formula is C26H14N2O4. The molecule has 0 N–H and O–H groups in total. The van der Waals surface area contributed by atoms with Crippen LogP contribution in [0.3, 0.4) is 0 Å². The summed E-state index contributed by atoms with van der Waals surface area (Å²) >= 11 is 0. The second-order valence-corrected chi connectivity index (χ2v) is 7.42. The predicted octanol–water partition coefficient (Wildman–Crippen LogP) is 5.60. The summed E-state index contributed by atoms with van der Waals surface area (Å²) in [6.45, 7) is 0. The molecule has 5 aromatic rings. The molecule has 1 aliphatic carbocycles.